The van der Waals surface area contributed by atoms with Crippen LogP contribution in [0.25, 0.3) is 0 Å². The summed E-state index contributed by atoms with van der Waals surface area (Å²) in [7, 11) is 0. The predicted molar refractivity (Wildman–Crippen MR) is 59.0 cm³/mol. The first-order valence-corrected chi connectivity index (χ1v) is 5.00. The van der Waals surface area contributed by atoms with Gasteiger partial charge in [0.1, 0.15) is 0 Å². The van der Waals surface area contributed by atoms with Gasteiger partial charge in [-0.05, 0) is 0 Å². The van der Waals surface area contributed by atoms with Gasteiger partial charge in [0.25, 0.3) is 0 Å². The molecule has 0 atom stereocenters. The molecule has 2 aliphatic rings. The average molecular weight is 349 g/mol. The molecule has 2 saturated carbocycles. The van der Waals surface area contributed by atoms with Crippen molar-refractivity contribution in [1.29, 1.82) is 0 Å². The van der Waals surface area contributed by atoms with Crippen LogP contribution in [0.3, 0.4) is 0 Å². The molecule has 0 radical (unpaired) electrons. The third kappa shape index (κ3) is 12.9. The molecule has 0 nitrogen and oxygen atoms in total. The SMILES string of the molecule is C1CCCC1.C1CCCC1.[CH3-].[CH3-].[Hf]. The largest absolute Gasteiger partial charge is 0.358 e. The monoisotopic (exact) mass is 350 g/mol. The Morgan fingerprint density at radius 3 is 0.462 bits per heavy atom. The van der Waals surface area contributed by atoms with E-state index in [2.05, 4.69) is 0 Å². The standard InChI is InChI=1S/2C5H10.2CH3.Hf/c2*1-2-4-5-3-1;;;/h2*1-5H2;2*1H3;/q;;2*-1;. The van der Waals surface area contributed by atoms with E-state index in [0.29, 0.717) is 0 Å². The van der Waals surface area contributed by atoms with Gasteiger partial charge in [0.05, 0.1) is 0 Å². The van der Waals surface area contributed by atoms with E-state index in [1.54, 1.807) is 0 Å². The third-order valence-corrected chi connectivity index (χ3v) is 2.50. The summed E-state index contributed by atoms with van der Waals surface area (Å²) in [5.74, 6) is 0. The van der Waals surface area contributed by atoms with Gasteiger partial charge in [-0.15, -0.1) is 0 Å². The molecule has 2 fully saturated rings. The molecule has 0 aromatic carbocycles. The smallest absolute Gasteiger partial charge is 0 e. The number of hydrogen-bond donors (Lipinski definition) is 0. The molecule has 0 aromatic heterocycles. The van der Waals surface area contributed by atoms with E-state index in [-0.39, 0.29) is 40.7 Å². The van der Waals surface area contributed by atoms with Crippen molar-refractivity contribution in [2.75, 3.05) is 0 Å². The van der Waals surface area contributed by atoms with Crippen LogP contribution in [0, 0.1) is 14.9 Å². The van der Waals surface area contributed by atoms with Gasteiger partial charge in [-0.3, -0.25) is 0 Å². The fourth-order valence-electron chi connectivity index (χ4n) is 1.77. The third-order valence-electron chi connectivity index (χ3n) is 2.50. The molecule has 0 aromatic rings. The zero-order valence-corrected chi connectivity index (χ0v) is 13.2. The van der Waals surface area contributed by atoms with Crippen LogP contribution in [0.5, 0.6) is 0 Å². The van der Waals surface area contributed by atoms with Gasteiger partial charge in [0.15, 0.2) is 0 Å². The van der Waals surface area contributed by atoms with Gasteiger partial charge in [-0.25, -0.2) is 0 Å². The first kappa shape index (κ1) is 19.4. The summed E-state index contributed by atoms with van der Waals surface area (Å²) >= 11 is 0. The quantitative estimate of drug-likeness (QED) is 0.436. The van der Waals surface area contributed by atoms with E-state index in [9.17, 15) is 0 Å². The molecule has 0 N–H and O–H groups in total. The van der Waals surface area contributed by atoms with Gasteiger partial charge in [-0.1, -0.05) is 64.2 Å². The second-order valence-electron chi connectivity index (χ2n) is 3.54. The molecule has 2 rings (SSSR count). The molecule has 1 heteroatoms. The van der Waals surface area contributed by atoms with Crippen molar-refractivity contribution < 1.29 is 25.8 Å². The van der Waals surface area contributed by atoms with Crippen molar-refractivity contribution in [3.05, 3.63) is 14.9 Å². The van der Waals surface area contributed by atoms with Crippen molar-refractivity contribution in [3.63, 3.8) is 0 Å². The maximum absolute atomic E-state index is 1.50. The van der Waals surface area contributed by atoms with Crippen molar-refractivity contribution in [2.24, 2.45) is 0 Å². The van der Waals surface area contributed by atoms with Crippen LogP contribution in [-0.2, 0) is 25.8 Å². The van der Waals surface area contributed by atoms with Crippen molar-refractivity contribution in [3.8, 4) is 0 Å². The van der Waals surface area contributed by atoms with Crippen LogP contribution in [0.1, 0.15) is 64.2 Å². The summed E-state index contributed by atoms with van der Waals surface area (Å²) in [6.45, 7) is 0. The van der Waals surface area contributed by atoms with Gasteiger partial charge in [0.2, 0.25) is 0 Å². The van der Waals surface area contributed by atoms with Crippen LogP contribution < -0.4 is 0 Å². The summed E-state index contributed by atoms with van der Waals surface area (Å²) in [6, 6.07) is 0. The van der Waals surface area contributed by atoms with Crippen LogP contribution in [0.15, 0.2) is 0 Å². The van der Waals surface area contributed by atoms with Gasteiger partial charge >= 0.3 is 0 Å². The van der Waals surface area contributed by atoms with E-state index >= 15 is 0 Å². The van der Waals surface area contributed by atoms with Gasteiger partial charge < -0.3 is 14.9 Å². The topological polar surface area (TPSA) is 0 Å². The van der Waals surface area contributed by atoms with Crippen LogP contribution in [0.2, 0.25) is 0 Å². The van der Waals surface area contributed by atoms with Crippen molar-refractivity contribution in [1.82, 2.24) is 0 Å². The zero-order chi connectivity index (χ0) is 7.07. The minimum absolute atomic E-state index is 0. The van der Waals surface area contributed by atoms with E-state index in [4.69, 9.17) is 0 Å². The summed E-state index contributed by atoms with van der Waals surface area (Å²) in [4.78, 5) is 0. The van der Waals surface area contributed by atoms with E-state index in [0.717, 1.165) is 0 Å². The van der Waals surface area contributed by atoms with E-state index in [1.807, 2.05) is 0 Å². The normalized spacial score (nSPS) is 18.5. The van der Waals surface area contributed by atoms with Gasteiger partial charge in [-0.2, -0.15) is 0 Å². The molecule has 0 unspecified atom stereocenters. The van der Waals surface area contributed by atoms with E-state index < -0.39 is 0 Å². The molecule has 0 aliphatic heterocycles. The zero-order valence-electron chi connectivity index (χ0n) is 9.57. The molecular formula is C12H26Hf-2. The summed E-state index contributed by atoms with van der Waals surface area (Å²) in [6.07, 6.45) is 15.0. The second kappa shape index (κ2) is 15.3. The molecule has 80 valence electrons. The molecule has 0 bridgehead atoms. The Balaban J connectivity index is -0.000000125. The molecule has 0 heterocycles. The minimum atomic E-state index is 0. The second-order valence-corrected chi connectivity index (χ2v) is 3.54. The predicted octanol–water partition coefficient (Wildman–Crippen LogP) is 4.80. The van der Waals surface area contributed by atoms with Gasteiger partial charge in [0, 0.05) is 25.8 Å². The molecule has 0 saturated heterocycles. The first-order chi connectivity index (χ1) is 5.00. The Kier molecular flexibility index (Phi) is 23.0. The average Bonchev–Trinajstić information content (AvgIpc) is 2.67. The molecule has 0 spiro atoms. The Morgan fingerprint density at radius 1 is 0.308 bits per heavy atom. The van der Waals surface area contributed by atoms with E-state index in [1.165, 1.54) is 64.2 Å². The maximum Gasteiger partial charge on any atom is 0 e. The Labute approximate surface area is 105 Å². The molecular weight excluding hydrogens is 323 g/mol. The molecule has 13 heavy (non-hydrogen) atoms. The summed E-state index contributed by atoms with van der Waals surface area (Å²) < 4.78 is 0. The summed E-state index contributed by atoms with van der Waals surface area (Å²) in [5.41, 5.74) is 0. The minimum Gasteiger partial charge on any atom is -0.358 e. The fraction of sp³-hybridized carbons (Fsp3) is 0.833. The number of hydrogen-bond acceptors (Lipinski definition) is 0. The van der Waals surface area contributed by atoms with Crippen molar-refractivity contribution >= 4 is 0 Å². The first-order valence-electron chi connectivity index (χ1n) is 5.00. The Hall–Kier alpha value is 0.870. The Bertz CT molecular complexity index is 38.3. The molecule has 2 aliphatic carbocycles. The number of rotatable bonds is 0. The van der Waals surface area contributed by atoms with Crippen LogP contribution in [0.4, 0.5) is 0 Å². The maximum atomic E-state index is 1.50. The summed E-state index contributed by atoms with van der Waals surface area (Å²) in [5, 5.41) is 0. The molecule has 0 amide bonds. The van der Waals surface area contributed by atoms with Crippen molar-refractivity contribution in [2.45, 2.75) is 64.2 Å². The van der Waals surface area contributed by atoms with Crippen LogP contribution in [-0.4, -0.2) is 0 Å². The van der Waals surface area contributed by atoms with Crippen LogP contribution >= 0.6 is 0 Å². The Morgan fingerprint density at radius 2 is 0.385 bits per heavy atom. The fourth-order valence-corrected chi connectivity index (χ4v) is 1.77.